The van der Waals surface area contributed by atoms with Crippen LogP contribution < -0.4 is 5.32 Å². The lowest BCUT2D eigenvalue weighted by molar-refractivity contribution is -0.132. The summed E-state index contributed by atoms with van der Waals surface area (Å²) in [6.45, 7) is 4.69. The second-order valence-electron chi connectivity index (χ2n) is 7.01. The van der Waals surface area contributed by atoms with E-state index >= 15 is 0 Å². The highest BCUT2D eigenvalue weighted by atomic mass is 35.5. The molecule has 8 heteroatoms. The van der Waals surface area contributed by atoms with Crippen LogP contribution in [0.15, 0.2) is 78.7 Å². The Morgan fingerprint density at radius 2 is 1.66 bits per heavy atom. The predicted molar refractivity (Wildman–Crippen MR) is 132 cm³/mol. The number of urea groups is 1. The van der Waals surface area contributed by atoms with Gasteiger partial charge < -0.3 is 15.1 Å². The van der Waals surface area contributed by atoms with Gasteiger partial charge in [0.25, 0.3) is 0 Å². The smallest absolute Gasteiger partial charge is 0.322 e. The van der Waals surface area contributed by atoms with Gasteiger partial charge in [0.2, 0.25) is 5.91 Å². The van der Waals surface area contributed by atoms with Crippen molar-refractivity contribution < 1.29 is 9.59 Å². The summed E-state index contributed by atoms with van der Waals surface area (Å²) in [5.74, 6) is -0.176. The number of rotatable bonds is 9. The molecule has 166 valence electrons. The van der Waals surface area contributed by atoms with Crippen LogP contribution in [0.4, 0.5) is 10.5 Å². The second-order valence-corrected chi connectivity index (χ2v) is 8.86. The van der Waals surface area contributed by atoms with Crippen molar-refractivity contribution in [2.24, 2.45) is 0 Å². The lowest BCUT2D eigenvalue weighted by atomic mass is 10.2. The number of halogens is 2. The van der Waals surface area contributed by atoms with E-state index in [-0.39, 0.29) is 19.0 Å². The minimum absolute atomic E-state index is 0.113. The van der Waals surface area contributed by atoms with E-state index in [1.807, 2.05) is 47.8 Å². The Kier molecular flexibility index (Phi) is 8.73. The van der Waals surface area contributed by atoms with E-state index < -0.39 is 6.03 Å². The molecule has 3 aromatic rings. The maximum Gasteiger partial charge on any atom is 0.322 e. The maximum absolute atomic E-state index is 13.3. The van der Waals surface area contributed by atoms with Crippen molar-refractivity contribution >= 4 is 52.2 Å². The minimum Gasteiger partial charge on any atom is -0.332 e. The van der Waals surface area contributed by atoms with Crippen molar-refractivity contribution in [1.82, 2.24) is 9.80 Å². The lowest BCUT2D eigenvalue weighted by Crippen LogP contribution is -2.44. The molecule has 1 aromatic heterocycles. The van der Waals surface area contributed by atoms with Crippen molar-refractivity contribution in [3.8, 4) is 0 Å². The fourth-order valence-corrected chi connectivity index (χ4v) is 4.28. The average molecular weight is 488 g/mol. The fourth-order valence-electron chi connectivity index (χ4n) is 3.07. The van der Waals surface area contributed by atoms with E-state index in [2.05, 4.69) is 11.9 Å². The van der Waals surface area contributed by atoms with Crippen molar-refractivity contribution in [3.05, 3.63) is 99.2 Å². The lowest BCUT2D eigenvalue weighted by Gasteiger charge is -2.27. The SMILES string of the molecule is C=CCN(CC(=O)N(Cc1ccccc1)Cc1cccs1)C(=O)Nc1c(Cl)cccc1Cl. The molecule has 2 aromatic carbocycles. The normalized spacial score (nSPS) is 10.4. The highest BCUT2D eigenvalue weighted by Gasteiger charge is 2.22. The second kappa shape index (κ2) is 11.7. The van der Waals surface area contributed by atoms with Gasteiger partial charge >= 0.3 is 6.03 Å². The van der Waals surface area contributed by atoms with E-state index in [4.69, 9.17) is 23.2 Å². The van der Waals surface area contributed by atoms with Gasteiger partial charge in [0.05, 0.1) is 22.3 Å². The quantitative estimate of drug-likeness (QED) is 0.359. The van der Waals surface area contributed by atoms with E-state index in [0.717, 1.165) is 10.4 Å². The van der Waals surface area contributed by atoms with Crippen LogP contribution in [0.3, 0.4) is 0 Å². The summed E-state index contributed by atoms with van der Waals surface area (Å²) in [4.78, 5) is 30.4. The molecule has 0 saturated carbocycles. The Morgan fingerprint density at radius 1 is 0.938 bits per heavy atom. The van der Waals surface area contributed by atoms with Gasteiger partial charge in [-0.15, -0.1) is 17.9 Å². The van der Waals surface area contributed by atoms with E-state index in [1.54, 1.807) is 40.5 Å². The molecule has 0 radical (unpaired) electrons. The highest BCUT2D eigenvalue weighted by molar-refractivity contribution is 7.09. The largest absolute Gasteiger partial charge is 0.332 e. The number of para-hydroxylation sites is 1. The molecule has 0 saturated heterocycles. The van der Waals surface area contributed by atoms with E-state index in [9.17, 15) is 9.59 Å². The molecule has 0 aliphatic heterocycles. The molecule has 1 heterocycles. The van der Waals surface area contributed by atoms with Gasteiger partial charge in [0, 0.05) is 18.0 Å². The molecule has 0 aliphatic carbocycles. The van der Waals surface area contributed by atoms with Gasteiger partial charge in [-0.2, -0.15) is 0 Å². The van der Waals surface area contributed by atoms with Gasteiger partial charge in [-0.25, -0.2) is 4.79 Å². The number of hydrogen-bond acceptors (Lipinski definition) is 3. The Labute approximate surface area is 201 Å². The number of anilines is 1. The number of hydrogen-bond donors (Lipinski definition) is 1. The van der Waals surface area contributed by atoms with Crippen LogP contribution in [0.1, 0.15) is 10.4 Å². The average Bonchev–Trinajstić information content (AvgIpc) is 3.29. The van der Waals surface area contributed by atoms with Crippen LogP contribution in [-0.2, 0) is 17.9 Å². The van der Waals surface area contributed by atoms with Crippen molar-refractivity contribution in [2.75, 3.05) is 18.4 Å². The summed E-state index contributed by atoms with van der Waals surface area (Å²) in [6, 6.07) is 18.2. The number of amides is 3. The zero-order chi connectivity index (χ0) is 22.9. The molecule has 0 unspecified atom stereocenters. The van der Waals surface area contributed by atoms with Crippen LogP contribution in [-0.4, -0.2) is 34.8 Å². The summed E-state index contributed by atoms with van der Waals surface area (Å²) in [7, 11) is 0. The summed E-state index contributed by atoms with van der Waals surface area (Å²) in [5, 5.41) is 5.32. The predicted octanol–water partition coefficient (Wildman–Crippen LogP) is 6.30. The molecule has 0 atom stereocenters. The third-order valence-corrected chi connectivity index (χ3v) is 6.14. The van der Waals surface area contributed by atoms with Gasteiger partial charge in [-0.05, 0) is 29.1 Å². The Balaban J connectivity index is 1.76. The molecular formula is C24H23Cl2N3O2S. The van der Waals surface area contributed by atoms with Crippen molar-refractivity contribution in [2.45, 2.75) is 13.1 Å². The first-order chi connectivity index (χ1) is 15.5. The van der Waals surface area contributed by atoms with Crippen molar-refractivity contribution in [3.63, 3.8) is 0 Å². The number of nitrogens with one attached hydrogen (secondary N) is 1. The maximum atomic E-state index is 13.3. The summed E-state index contributed by atoms with van der Waals surface area (Å²) in [6.07, 6.45) is 1.57. The summed E-state index contributed by atoms with van der Waals surface area (Å²) >= 11 is 13.9. The number of thiophene rings is 1. The standard InChI is InChI=1S/C24H23Cl2N3O2S/c1-2-13-28(24(31)27-23-20(25)11-6-12-21(23)26)17-22(30)29(16-19-10-7-14-32-19)15-18-8-4-3-5-9-18/h2-12,14H,1,13,15-17H2,(H,27,31). The molecule has 32 heavy (non-hydrogen) atoms. The number of carbonyl (C=O) groups is 2. The molecule has 5 nitrogen and oxygen atoms in total. The highest BCUT2D eigenvalue weighted by Crippen LogP contribution is 2.30. The first-order valence-electron chi connectivity index (χ1n) is 9.93. The number of nitrogens with zero attached hydrogens (tertiary/aromatic N) is 2. The van der Waals surface area contributed by atoms with Gasteiger partial charge in [0.1, 0.15) is 6.54 Å². The molecule has 0 fully saturated rings. The van der Waals surface area contributed by atoms with Crippen LogP contribution in [0.2, 0.25) is 10.0 Å². The monoisotopic (exact) mass is 487 g/mol. The molecule has 3 amide bonds. The molecule has 0 bridgehead atoms. The Morgan fingerprint density at radius 3 is 2.28 bits per heavy atom. The molecule has 3 rings (SSSR count). The summed E-state index contributed by atoms with van der Waals surface area (Å²) < 4.78 is 0. The minimum atomic E-state index is -0.482. The zero-order valence-corrected chi connectivity index (χ0v) is 19.7. The molecular weight excluding hydrogens is 465 g/mol. The third-order valence-electron chi connectivity index (χ3n) is 4.65. The van der Waals surface area contributed by atoms with Crippen LogP contribution >= 0.6 is 34.5 Å². The molecule has 0 aliphatic rings. The van der Waals surface area contributed by atoms with Crippen molar-refractivity contribution in [1.29, 1.82) is 0 Å². The molecule has 1 N–H and O–H groups in total. The fraction of sp³-hybridized carbons (Fsp3) is 0.167. The Bertz CT molecular complexity index is 1040. The zero-order valence-electron chi connectivity index (χ0n) is 17.3. The summed E-state index contributed by atoms with van der Waals surface area (Å²) in [5.41, 5.74) is 1.32. The topological polar surface area (TPSA) is 52.7 Å². The number of benzene rings is 2. The molecule has 0 spiro atoms. The Hall–Kier alpha value is -2.80. The van der Waals surface area contributed by atoms with Crippen LogP contribution in [0, 0.1) is 0 Å². The third kappa shape index (κ3) is 6.60. The number of carbonyl (C=O) groups excluding carboxylic acids is 2. The first-order valence-corrected chi connectivity index (χ1v) is 11.6. The van der Waals surface area contributed by atoms with Gasteiger partial charge in [-0.1, -0.05) is 71.7 Å². The first kappa shape index (κ1) is 23.9. The van der Waals surface area contributed by atoms with E-state index in [0.29, 0.717) is 28.8 Å². The van der Waals surface area contributed by atoms with Gasteiger partial charge in [0.15, 0.2) is 0 Å². The van der Waals surface area contributed by atoms with Crippen LogP contribution in [0.5, 0.6) is 0 Å². The van der Waals surface area contributed by atoms with Crippen LogP contribution in [0.25, 0.3) is 0 Å². The van der Waals surface area contributed by atoms with E-state index in [1.165, 1.54) is 4.90 Å². The van der Waals surface area contributed by atoms with Gasteiger partial charge in [-0.3, -0.25) is 4.79 Å².